The number of imide groups is 1. The Balaban J connectivity index is 1.59. The second kappa shape index (κ2) is 7.66. The number of carbonyl (C=O) groups is 2. The van der Waals surface area contributed by atoms with Gasteiger partial charge in [-0.15, -0.1) is 0 Å². The number of para-hydroxylation sites is 2. The smallest absolute Gasteiger partial charge is 0.332 e. The number of ether oxygens (including phenoxy) is 2. The van der Waals surface area contributed by atoms with Gasteiger partial charge in [0.15, 0.2) is 0 Å². The van der Waals surface area contributed by atoms with Gasteiger partial charge in [-0.05, 0) is 42.0 Å². The fourth-order valence-electron chi connectivity index (χ4n) is 5.27. The Labute approximate surface area is 196 Å². The van der Waals surface area contributed by atoms with Crippen LogP contribution in [0.5, 0.6) is 11.5 Å². The summed E-state index contributed by atoms with van der Waals surface area (Å²) in [5.74, 6) is 1.04. The van der Waals surface area contributed by atoms with Gasteiger partial charge in [0.05, 0.1) is 19.9 Å². The van der Waals surface area contributed by atoms with Crippen LogP contribution in [0.15, 0.2) is 72.8 Å². The van der Waals surface area contributed by atoms with Crippen LogP contribution in [-0.4, -0.2) is 42.1 Å². The number of urea groups is 1. The van der Waals surface area contributed by atoms with E-state index in [2.05, 4.69) is 11.1 Å². The third kappa shape index (κ3) is 2.83. The highest BCUT2D eigenvalue weighted by Crippen LogP contribution is 2.47. The highest BCUT2D eigenvalue weighted by molar-refractivity contribution is 6.22. The summed E-state index contributed by atoms with van der Waals surface area (Å²) in [6.07, 6.45) is 0.441. The maximum Gasteiger partial charge on any atom is 0.332 e. The minimum Gasteiger partial charge on any atom is -0.497 e. The van der Waals surface area contributed by atoms with E-state index in [-0.39, 0.29) is 11.9 Å². The summed E-state index contributed by atoms with van der Waals surface area (Å²) in [7, 11) is 3.20. The summed E-state index contributed by atoms with van der Waals surface area (Å²) >= 11 is 0. The normalized spacial score (nSPS) is 19.4. The number of hydrogen-bond acceptors (Lipinski definition) is 4. The van der Waals surface area contributed by atoms with Crippen molar-refractivity contribution in [2.24, 2.45) is 0 Å². The van der Waals surface area contributed by atoms with E-state index in [4.69, 9.17) is 9.47 Å². The Morgan fingerprint density at radius 3 is 2.44 bits per heavy atom. The van der Waals surface area contributed by atoms with Gasteiger partial charge in [-0.25, -0.2) is 9.69 Å². The molecule has 1 fully saturated rings. The van der Waals surface area contributed by atoms with E-state index in [1.165, 1.54) is 4.90 Å². The fourth-order valence-corrected chi connectivity index (χ4v) is 5.27. The predicted molar refractivity (Wildman–Crippen MR) is 128 cm³/mol. The van der Waals surface area contributed by atoms with Gasteiger partial charge in [-0.1, -0.05) is 36.4 Å². The molecule has 34 heavy (non-hydrogen) atoms. The molecule has 0 bridgehead atoms. The minimum atomic E-state index is -0.625. The number of anilines is 1. The summed E-state index contributed by atoms with van der Waals surface area (Å²) in [6, 6.07) is 21.1. The first-order chi connectivity index (χ1) is 16.6. The van der Waals surface area contributed by atoms with Crippen molar-refractivity contribution in [1.82, 2.24) is 9.88 Å². The Bertz CT molecular complexity index is 1430. The van der Waals surface area contributed by atoms with Crippen LogP contribution in [0.2, 0.25) is 0 Å². The second-order valence-electron chi connectivity index (χ2n) is 8.49. The molecule has 4 aromatic rings. The zero-order valence-electron chi connectivity index (χ0n) is 18.8. The van der Waals surface area contributed by atoms with Crippen LogP contribution in [0.4, 0.5) is 10.5 Å². The lowest BCUT2D eigenvalue weighted by Crippen LogP contribution is -2.44. The van der Waals surface area contributed by atoms with Gasteiger partial charge in [-0.2, -0.15) is 0 Å². The molecule has 2 aliphatic heterocycles. The Morgan fingerprint density at radius 2 is 1.68 bits per heavy atom. The monoisotopic (exact) mass is 453 g/mol. The number of fused-ring (bicyclic) bond motifs is 4. The molecule has 170 valence electrons. The fraction of sp³-hybridized carbons (Fsp3) is 0.185. The van der Waals surface area contributed by atoms with Crippen LogP contribution >= 0.6 is 0 Å². The third-order valence-electron chi connectivity index (χ3n) is 6.79. The van der Waals surface area contributed by atoms with Crippen molar-refractivity contribution in [3.63, 3.8) is 0 Å². The molecule has 0 spiro atoms. The largest absolute Gasteiger partial charge is 0.497 e. The highest BCUT2D eigenvalue weighted by Gasteiger charge is 2.53. The molecule has 0 unspecified atom stereocenters. The topological polar surface area (TPSA) is 74.9 Å². The maximum atomic E-state index is 13.9. The number of nitrogens with one attached hydrogen (secondary N) is 1. The summed E-state index contributed by atoms with van der Waals surface area (Å²) in [5, 5.41) is 1.06. The van der Waals surface area contributed by atoms with Crippen LogP contribution in [0.3, 0.4) is 0 Å². The van der Waals surface area contributed by atoms with Crippen LogP contribution in [0.25, 0.3) is 10.9 Å². The van der Waals surface area contributed by atoms with E-state index in [0.29, 0.717) is 23.6 Å². The summed E-state index contributed by atoms with van der Waals surface area (Å²) in [5.41, 5.74) is 4.23. The lowest BCUT2D eigenvalue weighted by Gasteiger charge is -2.36. The van der Waals surface area contributed by atoms with E-state index in [1.807, 2.05) is 54.6 Å². The number of rotatable bonds is 4. The summed E-state index contributed by atoms with van der Waals surface area (Å²) < 4.78 is 11.2. The number of hydrogen-bond donors (Lipinski definition) is 1. The van der Waals surface area contributed by atoms with E-state index in [9.17, 15) is 9.59 Å². The van der Waals surface area contributed by atoms with Gasteiger partial charge in [0, 0.05) is 28.6 Å². The Morgan fingerprint density at radius 1 is 0.912 bits per heavy atom. The van der Waals surface area contributed by atoms with Gasteiger partial charge in [0.25, 0.3) is 5.91 Å². The zero-order chi connectivity index (χ0) is 23.4. The standard InChI is InChI=1S/C27H23N3O4/c1-33-17-12-13-23(34-2)20(14-17)25-24-19(18-10-6-7-11-21(18)28-24)15-22-26(31)29(27(32)30(22)25)16-8-4-3-5-9-16/h3-14,22,25,28H,15H2,1-2H3/t22-,25-/m0/s1. The Kier molecular flexibility index (Phi) is 4.58. The van der Waals surface area contributed by atoms with Crippen LogP contribution < -0.4 is 14.4 Å². The number of carbonyl (C=O) groups excluding carboxylic acids is 2. The first-order valence-corrected chi connectivity index (χ1v) is 11.1. The quantitative estimate of drug-likeness (QED) is 0.456. The molecule has 0 saturated carbocycles. The first kappa shape index (κ1) is 20.4. The average Bonchev–Trinajstić information content (AvgIpc) is 3.37. The molecule has 1 saturated heterocycles. The lowest BCUT2D eigenvalue weighted by atomic mass is 9.88. The molecule has 7 heteroatoms. The van der Waals surface area contributed by atoms with Crippen LogP contribution in [-0.2, 0) is 11.2 Å². The number of aromatic nitrogens is 1. The van der Waals surface area contributed by atoms with Gasteiger partial charge in [-0.3, -0.25) is 9.69 Å². The molecule has 1 N–H and O–H groups in total. The molecule has 2 atom stereocenters. The predicted octanol–water partition coefficient (Wildman–Crippen LogP) is 4.67. The number of aromatic amines is 1. The van der Waals surface area contributed by atoms with Crippen molar-refractivity contribution >= 4 is 28.5 Å². The first-order valence-electron chi connectivity index (χ1n) is 11.1. The molecule has 6 rings (SSSR count). The summed E-state index contributed by atoms with van der Waals surface area (Å²) in [6.45, 7) is 0. The molecule has 2 aliphatic rings. The van der Waals surface area contributed by atoms with Crippen molar-refractivity contribution in [3.05, 3.63) is 89.6 Å². The van der Waals surface area contributed by atoms with Crippen molar-refractivity contribution in [3.8, 4) is 11.5 Å². The maximum absolute atomic E-state index is 13.9. The van der Waals surface area contributed by atoms with Crippen LogP contribution in [0, 0.1) is 0 Å². The lowest BCUT2D eigenvalue weighted by molar-refractivity contribution is -0.120. The number of methoxy groups -OCH3 is 2. The van der Waals surface area contributed by atoms with E-state index in [0.717, 1.165) is 27.7 Å². The molecule has 3 aromatic carbocycles. The van der Waals surface area contributed by atoms with Crippen molar-refractivity contribution < 1.29 is 19.1 Å². The molecule has 3 heterocycles. The molecule has 3 amide bonds. The van der Waals surface area contributed by atoms with E-state index >= 15 is 0 Å². The summed E-state index contributed by atoms with van der Waals surface area (Å²) in [4.78, 5) is 34.0. The van der Waals surface area contributed by atoms with Crippen molar-refractivity contribution in [2.75, 3.05) is 19.1 Å². The molecular weight excluding hydrogens is 430 g/mol. The molecule has 1 aromatic heterocycles. The van der Waals surface area contributed by atoms with Crippen molar-refractivity contribution in [2.45, 2.75) is 18.5 Å². The second-order valence-corrected chi connectivity index (χ2v) is 8.49. The number of amides is 3. The molecule has 7 nitrogen and oxygen atoms in total. The molecule has 0 radical (unpaired) electrons. The number of H-pyrrole nitrogens is 1. The van der Waals surface area contributed by atoms with Crippen LogP contribution in [0.1, 0.15) is 22.9 Å². The van der Waals surface area contributed by atoms with E-state index < -0.39 is 12.1 Å². The Hall–Kier alpha value is -4.26. The number of nitrogens with zero attached hydrogens (tertiary/aromatic N) is 2. The van der Waals surface area contributed by atoms with Gasteiger partial charge in [0.1, 0.15) is 23.6 Å². The minimum absolute atomic E-state index is 0.223. The molecular formula is C27H23N3O4. The highest BCUT2D eigenvalue weighted by atomic mass is 16.5. The molecule has 0 aliphatic carbocycles. The third-order valence-corrected chi connectivity index (χ3v) is 6.79. The van der Waals surface area contributed by atoms with Gasteiger partial charge < -0.3 is 14.5 Å². The van der Waals surface area contributed by atoms with Gasteiger partial charge in [0.2, 0.25) is 0 Å². The zero-order valence-corrected chi connectivity index (χ0v) is 18.8. The SMILES string of the molecule is COc1ccc(OC)c([C@H]2c3[nH]c4ccccc4c3C[C@H]3C(=O)N(c4ccccc4)C(=O)N23)c1. The van der Waals surface area contributed by atoms with Crippen molar-refractivity contribution in [1.29, 1.82) is 0 Å². The van der Waals surface area contributed by atoms with Gasteiger partial charge >= 0.3 is 6.03 Å². The average molecular weight is 453 g/mol. The number of benzene rings is 3. The van der Waals surface area contributed by atoms with E-state index in [1.54, 1.807) is 31.3 Å².